The highest BCUT2D eigenvalue weighted by atomic mass is 79.9. The fourth-order valence-corrected chi connectivity index (χ4v) is 2.17. The summed E-state index contributed by atoms with van der Waals surface area (Å²) in [5.41, 5.74) is 0.850. The molecule has 0 atom stereocenters. The van der Waals surface area contributed by atoms with Crippen LogP contribution in [0, 0.1) is 11.7 Å². The molecule has 1 aromatic rings. The van der Waals surface area contributed by atoms with Gasteiger partial charge >= 0.3 is 0 Å². The quantitative estimate of drug-likeness (QED) is 0.417. The van der Waals surface area contributed by atoms with E-state index >= 15 is 0 Å². The van der Waals surface area contributed by atoms with E-state index in [-0.39, 0.29) is 5.82 Å². The van der Waals surface area contributed by atoms with Crippen molar-refractivity contribution in [1.29, 1.82) is 0 Å². The number of nitrogens with zero attached hydrogens (tertiary/aromatic N) is 1. The van der Waals surface area contributed by atoms with E-state index in [4.69, 9.17) is 4.74 Å². The van der Waals surface area contributed by atoms with E-state index in [9.17, 15) is 4.39 Å². The van der Waals surface area contributed by atoms with Gasteiger partial charge in [-0.25, -0.2) is 4.39 Å². The Morgan fingerprint density at radius 3 is 2.82 bits per heavy atom. The molecular formula is C16H25BrFN3O. The van der Waals surface area contributed by atoms with Gasteiger partial charge in [-0.3, -0.25) is 4.99 Å². The van der Waals surface area contributed by atoms with E-state index in [0.717, 1.165) is 36.2 Å². The van der Waals surface area contributed by atoms with E-state index in [1.54, 1.807) is 13.1 Å². The zero-order chi connectivity index (χ0) is 16.4. The van der Waals surface area contributed by atoms with Gasteiger partial charge in [-0.05, 0) is 36.1 Å². The van der Waals surface area contributed by atoms with Crippen molar-refractivity contribution in [1.82, 2.24) is 10.6 Å². The van der Waals surface area contributed by atoms with Gasteiger partial charge in [0.2, 0.25) is 0 Å². The lowest BCUT2D eigenvalue weighted by molar-refractivity contribution is 0.108. The fourth-order valence-electron chi connectivity index (χ4n) is 1.78. The number of hydrogen-bond acceptors (Lipinski definition) is 2. The van der Waals surface area contributed by atoms with Crippen molar-refractivity contribution in [3.05, 3.63) is 34.1 Å². The lowest BCUT2D eigenvalue weighted by atomic mass is 10.2. The molecule has 0 aliphatic carbocycles. The number of aliphatic imine (C=N–C) groups is 1. The van der Waals surface area contributed by atoms with Crippen LogP contribution in [-0.4, -0.2) is 32.8 Å². The molecule has 0 spiro atoms. The van der Waals surface area contributed by atoms with Crippen LogP contribution in [0.3, 0.4) is 0 Å². The molecule has 22 heavy (non-hydrogen) atoms. The topological polar surface area (TPSA) is 45.7 Å². The summed E-state index contributed by atoms with van der Waals surface area (Å²) in [5, 5.41) is 6.38. The second kappa shape index (κ2) is 10.6. The smallest absolute Gasteiger partial charge is 0.191 e. The van der Waals surface area contributed by atoms with E-state index in [2.05, 4.69) is 45.4 Å². The number of nitrogens with one attached hydrogen (secondary N) is 2. The number of benzene rings is 1. The average Bonchev–Trinajstić information content (AvgIpc) is 2.48. The van der Waals surface area contributed by atoms with Crippen molar-refractivity contribution < 1.29 is 9.13 Å². The predicted octanol–water partition coefficient (Wildman–Crippen LogP) is 3.32. The molecule has 0 aliphatic heterocycles. The van der Waals surface area contributed by atoms with Gasteiger partial charge in [0.05, 0.1) is 0 Å². The number of rotatable bonds is 8. The Morgan fingerprint density at radius 2 is 2.14 bits per heavy atom. The Morgan fingerprint density at radius 1 is 1.36 bits per heavy atom. The summed E-state index contributed by atoms with van der Waals surface area (Å²) in [5.74, 6) is 1.01. The van der Waals surface area contributed by atoms with Crippen molar-refractivity contribution >= 4 is 21.9 Å². The maximum Gasteiger partial charge on any atom is 0.191 e. The second-order valence-electron chi connectivity index (χ2n) is 5.41. The van der Waals surface area contributed by atoms with E-state index in [0.29, 0.717) is 18.4 Å². The largest absolute Gasteiger partial charge is 0.381 e. The third kappa shape index (κ3) is 7.75. The van der Waals surface area contributed by atoms with Crippen molar-refractivity contribution in [2.45, 2.75) is 26.8 Å². The molecule has 0 unspecified atom stereocenters. The number of hydrogen-bond donors (Lipinski definition) is 2. The van der Waals surface area contributed by atoms with Gasteiger partial charge in [-0.2, -0.15) is 0 Å². The van der Waals surface area contributed by atoms with Crippen molar-refractivity contribution in [2.24, 2.45) is 10.9 Å². The van der Waals surface area contributed by atoms with E-state index in [1.807, 2.05) is 0 Å². The Hall–Kier alpha value is -1.14. The predicted molar refractivity (Wildman–Crippen MR) is 92.6 cm³/mol. The molecule has 1 aromatic carbocycles. The van der Waals surface area contributed by atoms with Crippen LogP contribution in [0.5, 0.6) is 0 Å². The standard InChI is InChI=1S/C16H25BrFN3O/c1-12(2)11-22-8-4-7-20-16(19-3)21-10-13-9-14(18)5-6-15(13)17/h5-6,9,12H,4,7-8,10-11H2,1-3H3,(H2,19,20,21). The van der Waals surface area contributed by atoms with Crippen LogP contribution >= 0.6 is 15.9 Å². The van der Waals surface area contributed by atoms with Gasteiger partial charge in [0.1, 0.15) is 5.82 Å². The summed E-state index contributed by atoms with van der Waals surface area (Å²) in [4.78, 5) is 4.15. The van der Waals surface area contributed by atoms with Crippen molar-refractivity contribution in [2.75, 3.05) is 26.8 Å². The van der Waals surface area contributed by atoms with Crippen LogP contribution in [0.25, 0.3) is 0 Å². The summed E-state index contributed by atoms with van der Waals surface area (Å²) in [6.45, 7) is 7.07. The van der Waals surface area contributed by atoms with Crippen LogP contribution < -0.4 is 10.6 Å². The molecular weight excluding hydrogens is 349 g/mol. The molecule has 1 rings (SSSR count). The Balaban J connectivity index is 2.27. The molecule has 6 heteroatoms. The van der Waals surface area contributed by atoms with E-state index < -0.39 is 0 Å². The molecule has 2 N–H and O–H groups in total. The van der Waals surface area contributed by atoms with Crippen LogP contribution in [-0.2, 0) is 11.3 Å². The van der Waals surface area contributed by atoms with Gasteiger partial charge in [-0.15, -0.1) is 0 Å². The van der Waals surface area contributed by atoms with Crippen LogP contribution in [0.15, 0.2) is 27.7 Å². The molecule has 0 amide bonds. The SMILES string of the molecule is CN=C(NCCCOCC(C)C)NCc1cc(F)ccc1Br. The number of ether oxygens (including phenoxy) is 1. The molecule has 0 bridgehead atoms. The Bertz CT molecular complexity index is 480. The lowest BCUT2D eigenvalue weighted by Crippen LogP contribution is -2.37. The summed E-state index contributed by atoms with van der Waals surface area (Å²) in [6.07, 6.45) is 0.914. The molecule has 0 heterocycles. The van der Waals surface area contributed by atoms with Gasteiger partial charge in [0.15, 0.2) is 5.96 Å². The van der Waals surface area contributed by atoms with E-state index in [1.165, 1.54) is 12.1 Å². The van der Waals surface area contributed by atoms with Crippen LogP contribution in [0.1, 0.15) is 25.8 Å². The third-order valence-corrected chi connectivity index (χ3v) is 3.66. The first kappa shape index (κ1) is 18.9. The second-order valence-corrected chi connectivity index (χ2v) is 6.26. The summed E-state index contributed by atoms with van der Waals surface area (Å²) >= 11 is 3.41. The molecule has 0 aliphatic rings. The molecule has 0 saturated heterocycles. The number of guanidine groups is 1. The molecule has 0 aromatic heterocycles. The van der Waals surface area contributed by atoms with Gasteiger partial charge in [0.25, 0.3) is 0 Å². The minimum absolute atomic E-state index is 0.245. The van der Waals surface area contributed by atoms with Gasteiger partial charge in [-0.1, -0.05) is 29.8 Å². The maximum absolute atomic E-state index is 13.2. The highest BCUT2D eigenvalue weighted by Gasteiger charge is 2.03. The van der Waals surface area contributed by atoms with Gasteiger partial charge < -0.3 is 15.4 Å². The summed E-state index contributed by atoms with van der Waals surface area (Å²) in [7, 11) is 1.71. The third-order valence-electron chi connectivity index (χ3n) is 2.89. The van der Waals surface area contributed by atoms with Crippen LogP contribution in [0.4, 0.5) is 4.39 Å². The average molecular weight is 374 g/mol. The molecule has 4 nitrogen and oxygen atoms in total. The molecule has 0 saturated carbocycles. The molecule has 124 valence electrons. The summed E-state index contributed by atoms with van der Waals surface area (Å²) in [6, 6.07) is 4.64. The van der Waals surface area contributed by atoms with Crippen molar-refractivity contribution in [3.63, 3.8) is 0 Å². The summed E-state index contributed by atoms with van der Waals surface area (Å²) < 4.78 is 19.6. The zero-order valence-electron chi connectivity index (χ0n) is 13.5. The molecule has 0 radical (unpaired) electrons. The highest BCUT2D eigenvalue weighted by molar-refractivity contribution is 9.10. The zero-order valence-corrected chi connectivity index (χ0v) is 15.0. The van der Waals surface area contributed by atoms with Crippen LogP contribution in [0.2, 0.25) is 0 Å². The first-order chi connectivity index (χ1) is 10.5. The lowest BCUT2D eigenvalue weighted by Gasteiger charge is -2.13. The van der Waals surface area contributed by atoms with Crippen molar-refractivity contribution in [3.8, 4) is 0 Å². The first-order valence-electron chi connectivity index (χ1n) is 7.49. The minimum atomic E-state index is -0.245. The fraction of sp³-hybridized carbons (Fsp3) is 0.562. The Kier molecular flexibility index (Phi) is 9.08. The number of halogens is 2. The maximum atomic E-state index is 13.2. The minimum Gasteiger partial charge on any atom is -0.381 e. The first-order valence-corrected chi connectivity index (χ1v) is 8.28. The monoisotopic (exact) mass is 373 g/mol. The molecule has 0 fully saturated rings. The highest BCUT2D eigenvalue weighted by Crippen LogP contribution is 2.17. The normalized spacial score (nSPS) is 11.8. The Labute approximate surface area is 140 Å². The van der Waals surface area contributed by atoms with Gasteiger partial charge in [0, 0.05) is 37.8 Å².